The number of aryl methyl sites for hydroxylation is 1. The maximum atomic E-state index is 10.8. The van der Waals surface area contributed by atoms with Crippen LogP contribution in [0.3, 0.4) is 0 Å². The first-order chi connectivity index (χ1) is 14.0. The van der Waals surface area contributed by atoms with E-state index in [4.69, 9.17) is 15.5 Å². The zero-order chi connectivity index (χ0) is 20.6. The predicted octanol–water partition coefficient (Wildman–Crippen LogP) is 4.63. The number of carbonyl (C=O) groups excluding carboxylic acids is 1. The Morgan fingerprint density at radius 3 is 2.59 bits per heavy atom. The number of nitrogens with two attached hydrogens (primary N) is 1. The van der Waals surface area contributed by atoms with Gasteiger partial charge in [0, 0.05) is 17.5 Å². The third kappa shape index (κ3) is 5.84. The molecule has 0 unspecified atom stereocenters. The average Bonchev–Trinajstić information content (AvgIpc) is 3.04. The molecule has 0 aliphatic carbocycles. The highest BCUT2D eigenvalue weighted by Crippen LogP contribution is 2.35. The van der Waals surface area contributed by atoms with Crippen molar-refractivity contribution in [1.82, 2.24) is 14.5 Å². The van der Waals surface area contributed by atoms with Crippen molar-refractivity contribution in [3.63, 3.8) is 0 Å². The number of amides is 1. The van der Waals surface area contributed by atoms with Crippen LogP contribution in [0.2, 0.25) is 0 Å². The van der Waals surface area contributed by atoms with Gasteiger partial charge in [0.05, 0.1) is 24.5 Å². The third-order valence-corrected chi connectivity index (χ3v) is 5.50. The predicted molar refractivity (Wildman–Crippen MR) is 114 cm³/mol. The van der Waals surface area contributed by atoms with Gasteiger partial charge >= 0.3 is 6.09 Å². The molecule has 0 aliphatic rings. The van der Waals surface area contributed by atoms with Gasteiger partial charge in [0.15, 0.2) is 0 Å². The Balaban J connectivity index is 1.94. The van der Waals surface area contributed by atoms with E-state index in [9.17, 15) is 4.79 Å². The number of primary amides is 1. The molecule has 0 atom stereocenters. The third-order valence-electron chi connectivity index (χ3n) is 4.37. The van der Waals surface area contributed by atoms with E-state index in [1.807, 2.05) is 36.4 Å². The number of hydrogen-bond acceptors (Lipinski definition) is 5. The van der Waals surface area contributed by atoms with E-state index in [-0.39, 0.29) is 12.5 Å². The molecule has 2 heterocycles. The summed E-state index contributed by atoms with van der Waals surface area (Å²) in [5.41, 5.74) is 7.11. The van der Waals surface area contributed by atoms with E-state index in [0.29, 0.717) is 19.4 Å². The summed E-state index contributed by atoms with van der Waals surface area (Å²) in [4.78, 5) is 21.5. The fourth-order valence-corrected chi connectivity index (χ4v) is 4.18. The normalized spacial score (nSPS) is 11.0. The van der Waals surface area contributed by atoms with Gasteiger partial charge in [0.2, 0.25) is 0 Å². The summed E-state index contributed by atoms with van der Waals surface area (Å²) < 4.78 is 7.12. The van der Waals surface area contributed by atoms with E-state index < -0.39 is 6.09 Å². The number of ether oxygens (including phenoxy) is 1. The molecule has 1 amide bonds. The standard InChI is InChI=1S/C22H26N4O2S/c1-16(2)20-21(29-18-10-4-3-5-11-18)26(15-17-9-6-7-13-24-17)19(25-20)12-8-14-28-22(23)27/h3-7,9-11,13,16H,8,12,14-15H2,1-2H3,(H2,23,27). The molecule has 3 rings (SSSR count). The van der Waals surface area contributed by atoms with E-state index in [1.165, 1.54) is 4.90 Å². The highest BCUT2D eigenvalue weighted by atomic mass is 32.2. The van der Waals surface area contributed by atoms with Gasteiger partial charge in [-0.05, 0) is 36.6 Å². The van der Waals surface area contributed by atoms with Gasteiger partial charge in [0.25, 0.3) is 0 Å². The summed E-state index contributed by atoms with van der Waals surface area (Å²) in [7, 11) is 0. The monoisotopic (exact) mass is 410 g/mol. The van der Waals surface area contributed by atoms with Crippen molar-refractivity contribution < 1.29 is 9.53 Å². The smallest absolute Gasteiger partial charge is 0.404 e. The lowest BCUT2D eigenvalue weighted by Gasteiger charge is -2.13. The van der Waals surface area contributed by atoms with Crippen LogP contribution in [0, 0.1) is 0 Å². The number of aromatic nitrogens is 3. The van der Waals surface area contributed by atoms with Crippen LogP contribution in [-0.2, 0) is 17.7 Å². The molecule has 0 radical (unpaired) electrons. The van der Waals surface area contributed by atoms with Gasteiger partial charge in [-0.3, -0.25) is 4.98 Å². The maximum absolute atomic E-state index is 10.8. The molecule has 0 saturated heterocycles. The zero-order valence-electron chi connectivity index (χ0n) is 16.7. The Kier molecular flexibility index (Phi) is 7.30. The summed E-state index contributed by atoms with van der Waals surface area (Å²) in [5, 5.41) is 1.13. The number of rotatable bonds is 9. The van der Waals surface area contributed by atoms with E-state index in [2.05, 4.69) is 35.5 Å². The molecule has 0 aliphatic heterocycles. The number of hydrogen-bond donors (Lipinski definition) is 1. The van der Waals surface area contributed by atoms with Crippen LogP contribution < -0.4 is 5.73 Å². The second-order valence-electron chi connectivity index (χ2n) is 6.97. The first-order valence-electron chi connectivity index (χ1n) is 9.69. The molecule has 0 bridgehead atoms. The SMILES string of the molecule is CC(C)c1nc(CCCOC(N)=O)n(Cc2ccccn2)c1Sc1ccccc1. The van der Waals surface area contributed by atoms with Crippen molar-refractivity contribution in [3.8, 4) is 0 Å². The highest BCUT2D eigenvalue weighted by Gasteiger charge is 2.21. The summed E-state index contributed by atoms with van der Waals surface area (Å²) in [5.74, 6) is 1.25. The molecule has 2 aromatic heterocycles. The molecular weight excluding hydrogens is 384 g/mol. The van der Waals surface area contributed by atoms with E-state index in [0.717, 1.165) is 22.2 Å². The van der Waals surface area contributed by atoms with Gasteiger partial charge in [-0.25, -0.2) is 9.78 Å². The minimum absolute atomic E-state index is 0.282. The van der Waals surface area contributed by atoms with Crippen LogP contribution in [0.4, 0.5) is 4.79 Å². The van der Waals surface area contributed by atoms with E-state index >= 15 is 0 Å². The van der Waals surface area contributed by atoms with Crippen molar-refractivity contribution in [2.45, 2.75) is 49.1 Å². The number of benzene rings is 1. The summed E-state index contributed by atoms with van der Waals surface area (Å²) in [6.07, 6.45) is 2.41. The number of carbonyl (C=O) groups is 1. The first kappa shape index (κ1) is 20.9. The molecule has 6 nitrogen and oxygen atoms in total. The lowest BCUT2D eigenvalue weighted by molar-refractivity contribution is 0.155. The largest absolute Gasteiger partial charge is 0.450 e. The molecule has 7 heteroatoms. The van der Waals surface area contributed by atoms with Crippen molar-refractivity contribution in [2.75, 3.05) is 6.61 Å². The molecule has 3 aromatic rings. The molecule has 152 valence electrons. The number of nitrogens with zero attached hydrogens (tertiary/aromatic N) is 3. The van der Waals surface area contributed by atoms with Crippen LogP contribution in [-0.4, -0.2) is 27.2 Å². The lowest BCUT2D eigenvalue weighted by Crippen LogP contribution is -2.15. The fourth-order valence-electron chi connectivity index (χ4n) is 3.00. The van der Waals surface area contributed by atoms with Crippen LogP contribution in [0.25, 0.3) is 0 Å². The van der Waals surface area contributed by atoms with Gasteiger partial charge in [-0.15, -0.1) is 0 Å². The second kappa shape index (κ2) is 10.1. The number of pyridine rings is 1. The minimum atomic E-state index is -0.745. The average molecular weight is 411 g/mol. The molecule has 1 aromatic carbocycles. The molecule has 2 N–H and O–H groups in total. The second-order valence-corrected chi connectivity index (χ2v) is 8.03. The Morgan fingerprint density at radius 1 is 1.17 bits per heavy atom. The van der Waals surface area contributed by atoms with Crippen LogP contribution in [0.1, 0.15) is 43.4 Å². The molecule has 0 saturated carbocycles. The molecule has 29 heavy (non-hydrogen) atoms. The molecule has 0 fully saturated rings. The number of imidazole rings is 1. The van der Waals surface area contributed by atoms with Crippen LogP contribution >= 0.6 is 11.8 Å². The van der Waals surface area contributed by atoms with Crippen molar-refractivity contribution in [3.05, 3.63) is 71.9 Å². The first-order valence-corrected chi connectivity index (χ1v) is 10.5. The Labute approximate surface area is 175 Å². The summed E-state index contributed by atoms with van der Waals surface area (Å²) in [6, 6.07) is 16.2. The Hall–Kier alpha value is -2.80. The summed E-state index contributed by atoms with van der Waals surface area (Å²) in [6.45, 7) is 5.23. The fraction of sp³-hybridized carbons (Fsp3) is 0.318. The van der Waals surface area contributed by atoms with Crippen LogP contribution in [0.15, 0.2) is 64.6 Å². The minimum Gasteiger partial charge on any atom is -0.450 e. The summed E-state index contributed by atoms with van der Waals surface area (Å²) >= 11 is 1.72. The van der Waals surface area contributed by atoms with Gasteiger partial charge in [-0.2, -0.15) is 0 Å². The van der Waals surface area contributed by atoms with E-state index in [1.54, 1.807) is 18.0 Å². The molecule has 0 spiro atoms. The van der Waals surface area contributed by atoms with Gasteiger partial charge in [0.1, 0.15) is 10.9 Å². The van der Waals surface area contributed by atoms with Gasteiger partial charge < -0.3 is 15.0 Å². The molecular formula is C22H26N4O2S. The van der Waals surface area contributed by atoms with Crippen molar-refractivity contribution >= 4 is 17.9 Å². The Bertz CT molecular complexity index is 927. The Morgan fingerprint density at radius 2 is 1.93 bits per heavy atom. The topological polar surface area (TPSA) is 83.0 Å². The zero-order valence-corrected chi connectivity index (χ0v) is 17.6. The van der Waals surface area contributed by atoms with Crippen molar-refractivity contribution in [1.29, 1.82) is 0 Å². The maximum Gasteiger partial charge on any atom is 0.404 e. The van der Waals surface area contributed by atoms with Gasteiger partial charge in [-0.1, -0.05) is 49.9 Å². The quantitative estimate of drug-likeness (QED) is 0.520. The lowest BCUT2D eigenvalue weighted by atomic mass is 10.1. The van der Waals surface area contributed by atoms with Crippen molar-refractivity contribution in [2.24, 2.45) is 5.73 Å². The van der Waals surface area contributed by atoms with Crippen LogP contribution in [0.5, 0.6) is 0 Å². The highest BCUT2D eigenvalue weighted by molar-refractivity contribution is 7.99.